The monoisotopic (exact) mass is 328 g/mol. The second kappa shape index (κ2) is 5.79. The molecule has 1 amide bonds. The van der Waals surface area contributed by atoms with Crippen LogP contribution >= 0.6 is 0 Å². The Morgan fingerprint density at radius 3 is 2.70 bits per heavy atom. The summed E-state index contributed by atoms with van der Waals surface area (Å²) in [5.74, 6) is -0.506. The molecule has 1 aromatic carbocycles. The molecule has 3 rings (SSSR count). The van der Waals surface area contributed by atoms with E-state index in [0.29, 0.717) is 12.8 Å². The van der Waals surface area contributed by atoms with Gasteiger partial charge < -0.3 is 10.0 Å². The standard InChI is InChI=1S/C16H19F3N2O2/c1-20(12-6-7-21(15(12)23)9-16(17,18)19)13-8-10-4-2-3-5-11(10)14(13)22/h2-5,12-14,22H,6-9H2,1H3/t12-,13-,14-/m1/s1. The predicted octanol–water partition coefficient (Wildman–Crippen LogP) is 1.74. The van der Waals surface area contributed by atoms with E-state index in [1.165, 1.54) is 0 Å². The number of halogens is 3. The molecule has 0 aromatic heterocycles. The Kier molecular flexibility index (Phi) is 4.10. The van der Waals surface area contributed by atoms with Gasteiger partial charge in [-0.25, -0.2) is 0 Å². The third-order valence-corrected chi connectivity index (χ3v) is 4.82. The largest absolute Gasteiger partial charge is 0.406 e. The van der Waals surface area contributed by atoms with Gasteiger partial charge in [-0.2, -0.15) is 13.2 Å². The van der Waals surface area contributed by atoms with Crippen molar-refractivity contribution in [3.63, 3.8) is 0 Å². The molecule has 0 unspecified atom stereocenters. The van der Waals surface area contributed by atoms with Gasteiger partial charge in [0.15, 0.2) is 0 Å². The Morgan fingerprint density at radius 2 is 2.04 bits per heavy atom. The van der Waals surface area contributed by atoms with Gasteiger partial charge >= 0.3 is 6.18 Å². The lowest BCUT2D eigenvalue weighted by molar-refractivity contribution is -0.159. The molecule has 4 nitrogen and oxygen atoms in total. The number of fused-ring (bicyclic) bond motifs is 1. The van der Waals surface area contributed by atoms with E-state index in [0.717, 1.165) is 16.0 Å². The highest BCUT2D eigenvalue weighted by atomic mass is 19.4. The molecule has 1 saturated heterocycles. The van der Waals surface area contributed by atoms with Crippen LogP contribution in [0.15, 0.2) is 24.3 Å². The average molecular weight is 328 g/mol. The van der Waals surface area contributed by atoms with Gasteiger partial charge in [-0.05, 0) is 31.0 Å². The summed E-state index contributed by atoms with van der Waals surface area (Å²) < 4.78 is 37.5. The Labute approximate surface area is 132 Å². The van der Waals surface area contributed by atoms with Crippen molar-refractivity contribution in [3.8, 4) is 0 Å². The quantitative estimate of drug-likeness (QED) is 0.919. The van der Waals surface area contributed by atoms with E-state index in [9.17, 15) is 23.1 Å². The van der Waals surface area contributed by atoms with Gasteiger partial charge in [-0.3, -0.25) is 9.69 Å². The first kappa shape index (κ1) is 16.3. The minimum absolute atomic E-state index is 0.100. The number of amides is 1. The summed E-state index contributed by atoms with van der Waals surface area (Å²) in [6.45, 7) is -1.10. The Bertz CT molecular complexity index is 605. The Morgan fingerprint density at radius 1 is 1.35 bits per heavy atom. The number of nitrogens with zero attached hydrogens (tertiary/aromatic N) is 2. The Balaban J connectivity index is 1.70. The zero-order chi connectivity index (χ0) is 16.8. The van der Waals surface area contributed by atoms with Gasteiger partial charge in [-0.1, -0.05) is 24.3 Å². The highest BCUT2D eigenvalue weighted by molar-refractivity contribution is 5.84. The number of carbonyl (C=O) groups is 1. The molecule has 2 aliphatic rings. The van der Waals surface area contributed by atoms with Crippen LogP contribution in [-0.4, -0.2) is 59.2 Å². The molecule has 23 heavy (non-hydrogen) atoms. The zero-order valence-electron chi connectivity index (χ0n) is 12.8. The smallest absolute Gasteiger partial charge is 0.387 e. The number of benzene rings is 1. The van der Waals surface area contributed by atoms with E-state index < -0.39 is 30.8 Å². The number of rotatable bonds is 3. The number of likely N-dealkylation sites (tertiary alicyclic amines) is 1. The van der Waals surface area contributed by atoms with E-state index in [2.05, 4.69) is 0 Å². The molecular formula is C16H19F3N2O2. The molecule has 1 fully saturated rings. The molecule has 0 saturated carbocycles. The summed E-state index contributed by atoms with van der Waals surface area (Å²) in [4.78, 5) is 14.9. The molecule has 1 heterocycles. The second-order valence-corrected chi connectivity index (χ2v) is 6.26. The van der Waals surface area contributed by atoms with Crippen molar-refractivity contribution >= 4 is 5.91 Å². The van der Waals surface area contributed by atoms with Crippen LogP contribution in [0.2, 0.25) is 0 Å². The number of aliphatic hydroxyl groups excluding tert-OH is 1. The number of hydrogen-bond donors (Lipinski definition) is 1. The lowest BCUT2D eigenvalue weighted by Crippen LogP contribution is -2.47. The minimum Gasteiger partial charge on any atom is -0.387 e. The fourth-order valence-electron chi connectivity index (χ4n) is 3.62. The maximum atomic E-state index is 12.5. The molecule has 7 heteroatoms. The highest BCUT2D eigenvalue weighted by Gasteiger charge is 2.44. The molecule has 3 atom stereocenters. The van der Waals surface area contributed by atoms with E-state index in [-0.39, 0.29) is 12.6 Å². The summed E-state index contributed by atoms with van der Waals surface area (Å²) in [6.07, 6.45) is -4.16. The van der Waals surface area contributed by atoms with Crippen molar-refractivity contribution in [1.82, 2.24) is 9.80 Å². The first-order chi connectivity index (χ1) is 10.8. The number of likely N-dealkylation sites (N-methyl/N-ethyl adjacent to an activating group) is 1. The Hall–Kier alpha value is -1.60. The van der Waals surface area contributed by atoms with Crippen LogP contribution in [-0.2, 0) is 11.2 Å². The van der Waals surface area contributed by atoms with Gasteiger partial charge in [0, 0.05) is 12.6 Å². The van der Waals surface area contributed by atoms with Crippen molar-refractivity contribution in [2.45, 2.75) is 37.2 Å². The van der Waals surface area contributed by atoms with Gasteiger partial charge in [0.1, 0.15) is 6.54 Å². The van der Waals surface area contributed by atoms with Crippen LogP contribution in [0.3, 0.4) is 0 Å². The first-order valence-corrected chi connectivity index (χ1v) is 7.61. The molecule has 1 aliphatic heterocycles. The van der Waals surface area contributed by atoms with E-state index >= 15 is 0 Å². The number of aliphatic hydroxyl groups is 1. The average Bonchev–Trinajstić information content (AvgIpc) is 2.99. The predicted molar refractivity (Wildman–Crippen MR) is 77.7 cm³/mol. The molecule has 126 valence electrons. The fraction of sp³-hybridized carbons (Fsp3) is 0.562. The molecular weight excluding hydrogens is 309 g/mol. The maximum absolute atomic E-state index is 12.5. The third-order valence-electron chi connectivity index (χ3n) is 4.82. The molecule has 0 spiro atoms. The summed E-state index contributed by atoms with van der Waals surface area (Å²) in [7, 11) is 1.71. The number of alkyl halides is 3. The topological polar surface area (TPSA) is 43.8 Å². The van der Waals surface area contributed by atoms with Crippen molar-refractivity contribution < 1.29 is 23.1 Å². The lowest BCUT2D eigenvalue weighted by Gasteiger charge is -2.31. The van der Waals surface area contributed by atoms with Crippen LogP contribution in [0.5, 0.6) is 0 Å². The molecule has 0 bridgehead atoms. The second-order valence-electron chi connectivity index (χ2n) is 6.26. The van der Waals surface area contributed by atoms with Crippen LogP contribution < -0.4 is 0 Å². The van der Waals surface area contributed by atoms with Crippen molar-refractivity contribution in [3.05, 3.63) is 35.4 Å². The SMILES string of the molecule is CN([C@@H]1CCN(CC(F)(F)F)C1=O)[C@@H]1Cc2ccccc2[C@H]1O. The van der Waals surface area contributed by atoms with Crippen molar-refractivity contribution in [1.29, 1.82) is 0 Å². The normalized spacial score (nSPS) is 27.8. The lowest BCUT2D eigenvalue weighted by atomic mass is 10.1. The highest BCUT2D eigenvalue weighted by Crippen LogP contribution is 2.36. The molecule has 0 radical (unpaired) electrons. The summed E-state index contributed by atoms with van der Waals surface area (Å²) in [5, 5.41) is 10.5. The number of hydrogen-bond acceptors (Lipinski definition) is 3. The van der Waals surface area contributed by atoms with E-state index in [1.807, 2.05) is 24.3 Å². The van der Waals surface area contributed by atoms with Crippen molar-refractivity contribution in [2.75, 3.05) is 20.1 Å². The fourth-order valence-corrected chi connectivity index (χ4v) is 3.62. The minimum atomic E-state index is -4.38. The van der Waals surface area contributed by atoms with Crippen LogP contribution in [0.25, 0.3) is 0 Å². The molecule has 1 N–H and O–H groups in total. The van der Waals surface area contributed by atoms with Crippen molar-refractivity contribution in [2.24, 2.45) is 0 Å². The van der Waals surface area contributed by atoms with Gasteiger partial charge in [-0.15, -0.1) is 0 Å². The van der Waals surface area contributed by atoms with E-state index in [1.54, 1.807) is 11.9 Å². The summed E-state index contributed by atoms with van der Waals surface area (Å²) >= 11 is 0. The van der Waals surface area contributed by atoms with E-state index in [4.69, 9.17) is 0 Å². The van der Waals surface area contributed by atoms with Crippen LogP contribution in [0, 0.1) is 0 Å². The maximum Gasteiger partial charge on any atom is 0.406 e. The summed E-state index contributed by atoms with van der Waals surface area (Å²) in [6, 6.07) is 6.62. The van der Waals surface area contributed by atoms with Crippen LogP contribution in [0.4, 0.5) is 13.2 Å². The summed E-state index contributed by atoms with van der Waals surface area (Å²) in [5.41, 5.74) is 1.86. The first-order valence-electron chi connectivity index (χ1n) is 7.61. The van der Waals surface area contributed by atoms with Crippen LogP contribution in [0.1, 0.15) is 23.7 Å². The molecule has 1 aliphatic carbocycles. The third kappa shape index (κ3) is 3.07. The van der Waals surface area contributed by atoms with Gasteiger partial charge in [0.25, 0.3) is 0 Å². The van der Waals surface area contributed by atoms with Gasteiger partial charge in [0.2, 0.25) is 5.91 Å². The van der Waals surface area contributed by atoms with Gasteiger partial charge in [0.05, 0.1) is 12.1 Å². The zero-order valence-corrected chi connectivity index (χ0v) is 12.8. The molecule has 1 aromatic rings. The number of carbonyl (C=O) groups excluding carboxylic acids is 1.